The molecule has 0 saturated heterocycles. The zero-order valence-electron chi connectivity index (χ0n) is 14.9. The molecule has 0 aliphatic carbocycles. The molecule has 0 aromatic heterocycles. The normalized spacial score (nSPS) is 10.7. The minimum Gasteiger partial charge on any atom is -0.462 e. The Morgan fingerprint density at radius 2 is 1.96 bits per heavy atom. The summed E-state index contributed by atoms with van der Waals surface area (Å²) in [5, 5.41) is 14.9. The lowest BCUT2D eigenvalue weighted by molar-refractivity contribution is -0.112. The second kappa shape index (κ2) is 9.73. The van der Waals surface area contributed by atoms with E-state index in [1.165, 1.54) is 6.20 Å². The summed E-state index contributed by atoms with van der Waals surface area (Å²) in [5.74, 6) is -1.16. The Balaban J connectivity index is 2.18. The number of carbonyl (C=O) groups excluding carboxylic acids is 2. The lowest BCUT2D eigenvalue weighted by Crippen LogP contribution is -2.17. The quantitative estimate of drug-likeness (QED) is 0.283. The summed E-state index contributed by atoms with van der Waals surface area (Å²) in [7, 11) is 0. The molecule has 0 aliphatic rings. The molecular weight excluding hydrogens is 457 g/mol. The number of aryl methyl sites for hydroxylation is 1. The Bertz CT molecular complexity index is 932. The third kappa shape index (κ3) is 5.56. The number of nitrogens with one attached hydrogen (secondary N) is 2. The second-order valence-electron chi connectivity index (χ2n) is 5.49. The van der Waals surface area contributed by atoms with E-state index in [1.54, 1.807) is 31.2 Å². The summed E-state index contributed by atoms with van der Waals surface area (Å²) in [6.45, 7) is 3.86. The smallest absolute Gasteiger partial charge is 0.340 e. The summed E-state index contributed by atoms with van der Waals surface area (Å²) in [5.41, 5.74) is 2.18. The van der Waals surface area contributed by atoms with Crippen LogP contribution in [0.1, 0.15) is 22.8 Å². The van der Waals surface area contributed by atoms with Crippen LogP contribution in [0, 0.1) is 21.8 Å². The molecule has 2 rings (SSSR count). The van der Waals surface area contributed by atoms with Crippen LogP contribution >= 0.6 is 22.6 Å². The van der Waals surface area contributed by atoms with Gasteiger partial charge in [0.1, 0.15) is 11.6 Å². The average molecular weight is 475 g/mol. The monoisotopic (exact) mass is 475 g/mol. The van der Waals surface area contributed by atoms with E-state index < -0.39 is 11.9 Å². The first-order valence-corrected chi connectivity index (χ1v) is 9.24. The highest BCUT2D eigenvalue weighted by Gasteiger charge is 2.16. The molecule has 2 aromatic carbocycles. The van der Waals surface area contributed by atoms with Gasteiger partial charge in [0.2, 0.25) is 0 Å². The zero-order chi connectivity index (χ0) is 19.8. The van der Waals surface area contributed by atoms with Crippen LogP contribution < -0.4 is 10.6 Å². The van der Waals surface area contributed by atoms with Gasteiger partial charge in [-0.1, -0.05) is 12.1 Å². The van der Waals surface area contributed by atoms with Crippen molar-refractivity contribution < 1.29 is 14.3 Å². The topological polar surface area (TPSA) is 91.2 Å². The van der Waals surface area contributed by atoms with Gasteiger partial charge < -0.3 is 15.4 Å². The molecule has 0 atom stereocenters. The van der Waals surface area contributed by atoms with E-state index in [9.17, 15) is 14.9 Å². The Morgan fingerprint density at radius 1 is 1.22 bits per heavy atom. The van der Waals surface area contributed by atoms with Crippen LogP contribution in [0.4, 0.5) is 11.4 Å². The number of carbonyl (C=O) groups is 2. The fourth-order valence-electron chi connectivity index (χ4n) is 2.26. The van der Waals surface area contributed by atoms with Crippen molar-refractivity contribution in [1.82, 2.24) is 0 Å². The molecule has 0 fully saturated rings. The first kappa shape index (κ1) is 20.5. The van der Waals surface area contributed by atoms with Crippen molar-refractivity contribution in [2.24, 2.45) is 0 Å². The highest BCUT2D eigenvalue weighted by Crippen LogP contribution is 2.19. The molecule has 0 heterocycles. The molecule has 0 saturated carbocycles. The number of amides is 1. The number of ether oxygens (including phenoxy) is 1. The van der Waals surface area contributed by atoms with Gasteiger partial charge in [-0.05, 0) is 72.3 Å². The fraction of sp³-hybridized carbons (Fsp3) is 0.150. The molecule has 7 heteroatoms. The van der Waals surface area contributed by atoms with E-state index in [4.69, 9.17) is 4.74 Å². The van der Waals surface area contributed by atoms with Crippen molar-refractivity contribution in [2.75, 3.05) is 17.2 Å². The number of hydrogen-bond acceptors (Lipinski definition) is 5. The molecule has 0 radical (unpaired) electrons. The van der Waals surface area contributed by atoms with E-state index >= 15 is 0 Å². The molecule has 6 nitrogen and oxygen atoms in total. The number of rotatable bonds is 6. The van der Waals surface area contributed by atoms with Gasteiger partial charge in [-0.15, -0.1) is 0 Å². The first-order chi connectivity index (χ1) is 13.0. The first-order valence-electron chi connectivity index (χ1n) is 8.16. The van der Waals surface area contributed by atoms with Crippen LogP contribution in [0.5, 0.6) is 0 Å². The number of esters is 1. The Hall–Kier alpha value is -2.86. The van der Waals surface area contributed by atoms with Crippen LogP contribution in [0.2, 0.25) is 0 Å². The van der Waals surface area contributed by atoms with Crippen LogP contribution in [-0.2, 0) is 9.53 Å². The van der Waals surface area contributed by atoms with Crippen molar-refractivity contribution in [3.05, 3.63) is 68.9 Å². The number of nitrogens with zero attached hydrogens (tertiary/aromatic N) is 1. The minimum absolute atomic E-state index is 0.119. The lowest BCUT2D eigenvalue weighted by Gasteiger charge is -2.10. The molecule has 138 valence electrons. The predicted molar refractivity (Wildman–Crippen MR) is 112 cm³/mol. The molecule has 0 unspecified atom stereocenters. The molecule has 2 aromatic rings. The number of anilines is 2. The number of benzene rings is 2. The lowest BCUT2D eigenvalue weighted by atomic mass is 10.1. The molecule has 0 spiro atoms. The Labute approximate surface area is 171 Å². The standard InChI is InChI=1S/C20H18IN3O3/c1-3-27-20(26)16-6-4-5-7-18(16)24-19(25)14(11-22)12-23-17-9-8-15(21)10-13(17)2/h4-10,12,23H,3H2,1-2H3,(H,24,25)/b14-12-. The third-order valence-electron chi connectivity index (χ3n) is 3.60. The zero-order valence-corrected chi connectivity index (χ0v) is 17.0. The Kier molecular flexibility index (Phi) is 7.37. The van der Waals surface area contributed by atoms with Gasteiger partial charge in [0, 0.05) is 15.5 Å². The van der Waals surface area contributed by atoms with E-state index in [-0.39, 0.29) is 23.4 Å². The second-order valence-corrected chi connectivity index (χ2v) is 6.74. The maximum Gasteiger partial charge on any atom is 0.340 e. The van der Waals surface area contributed by atoms with Gasteiger partial charge >= 0.3 is 5.97 Å². The van der Waals surface area contributed by atoms with Crippen molar-refractivity contribution in [2.45, 2.75) is 13.8 Å². The van der Waals surface area contributed by atoms with Crippen molar-refractivity contribution >= 4 is 45.8 Å². The van der Waals surface area contributed by atoms with E-state index in [0.29, 0.717) is 0 Å². The van der Waals surface area contributed by atoms with E-state index in [0.717, 1.165) is 14.8 Å². The largest absolute Gasteiger partial charge is 0.462 e. The van der Waals surface area contributed by atoms with E-state index in [2.05, 4.69) is 33.2 Å². The van der Waals surface area contributed by atoms with Crippen LogP contribution in [0.15, 0.2) is 54.2 Å². The molecule has 27 heavy (non-hydrogen) atoms. The summed E-state index contributed by atoms with van der Waals surface area (Å²) in [4.78, 5) is 24.4. The molecule has 0 aliphatic heterocycles. The molecule has 1 amide bonds. The summed E-state index contributed by atoms with van der Waals surface area (Å²) >= 11 is 2.21. The highest BCUT2D eigenvalue weighted by molar-refractivity contribution is 14.1. The van der Waals surface area contributed by atoms with Crippen LogP contribution in [-0.4, -0.2) is 18.5 Å². The summed E-state index contributed by atoms with van der Waals surface area (Å²) in [6, 6.07) is 14.1. The van der Waals surface area contributed by atoms with Gasteiger partial charge in [0.15, 0.2) is 0 Å². The molecular formula is C20H18IN3O3. The van der Waals surface area contributed by atoms with Crippen molar-refractivity contribution in [3.8, 4) is 6.07 Å². The van der Waals surface area contributed by atoms with Gasteiger partial charge in [-0.3, -0.25) is 4.79 Å². The van der Waals surface area contributed by atoms with E-state index in [1.807, 2.05) is 31.2 Å². The SMILES string of the molecule is CCOC(=O)c1ccccc1NC(=O)/C(C#N)=C\Nc1ccc(I)cc1C. The van der Waals surface area contributed by atoms with Gasteiger partial charge in [0.05, 0.1) is 17.9 Å². The number of nitriles is 1. The average Bonchev–Trinajstić information content (AvgIpc) is 2.64. The van der Waals surface area contributed by atoms with Gasteiger partial charge in [0.25, 0.3) is 5.91 Å². The van der Waals surface area contributed by atoms with Crippen molar-refractivity contribution in [1.29, 1.82) is 5.26 Å². The molecule has 0 bridgehead atoms. The maximum atomic E-state index is 12.4. The highest BCUT2D eigenvalue weighted by atomic mass is 127. The van der Waals surface area contributed by atoms with Crippen LogP contribution in [0.25, 0.3) is 0 Å². The number of hydrogen-bond donors (Lipinski definition) is 2. The summed E-state index contributed by atoms with van der Waals surface area (Å²) < 4.78 is 6.07. The fourth-order valence-corrected chi connectivity index (χ4v) is 2.90. The molecule has 2 N–H and O–H groups in total. The Morgan fingerprint density at radius 3 is 2.63 bits per heavy atom. The number of halogens is 1. The predicted octanol–water partition coefficient (Wildman–Crippen LogP) is 4.23. The maximum absolute atomic E-state index is 12.4. The minimum atomic E-state index is -0.620. The third-order valence-corrected chi connectivity index (χ3v) is 4.27. The number of para-hydroxylation sites is 1. The van der Waals surface area contributed by atoms with Gasteiger partial charge in [-0.25, -0.2) is 4.79 Å². The van der Waals surface area contributed by atoms with Gasteiger partial charge in [-0.2, -0.15) is 5.26 Å². The summed E-state index contributed by atoms with van der Waals surface area (Å²) in [6.07, 6.45) is 1.34. The van der Waals surface area contributed by atoms with Crippen molar-refractivity contribution in [3.63, 3.8) is 0 Å². The van der Waals surface area contributed by atoms with Crippen LogP contribution in [0.3, 0.4) is 0 Å².